The monoisotopic (exact) mass is 366 g/mol. The number of amides is 1. The highest BCUT2D eigenvalue weighted by Crippen LogP contribution is 2.30. The molecule has 116 valence electrons. The molecule has 1 aromatic rings. The van der Waals surface area contributed by atoms with Crippen molar-refractivity contribution < 1.29 is 18.0 Å². The summed E-state index contributed by atoms with van der Waals surface area (Å²) in [5, 5.41) is 4.18. The third kappa shape index (κ3) is 3.08. The van der Waals surface area contributed by atoms with Crippen LogP contribution in [0.25, 0.3) is 0 Å². The molecule has 1 aromatic heterocycles. The zero-order valence-electron chi connectivity index (χ0n) is 11.1. The normalized spacial score (nSPS) is 24.7. The maximum absolute atomic E-state index is 12.4. The summed E-state index contributed by atoms with van der Waals surface area (Å²) in [6.07, 6.45) is -0.323. The Bertz CT molecular complexity index is 541. The van der Waals surface area contributed by atoms with Crippen molar-refractivity contribution in [1.82, 2.24) is 19.6 Å². The van der Waals surface area contributed by atoms with Gasteiger partial charge in [0, 0.05) is 25.8 Å². The van der Waals surface area contributed by atoms with Gasteiger partial charge in [0.2, 0.25) is 5.91 Å². The molecular weight excluding hydrogens is 353 g/mol. The smallest absolute Gasteiger partial charge is 0.332 e. The molecule has 3 rings (SSSR count). The van der Waals surface area contributed by atoms with Crippen LogP contribution >= 0.6 is 15.9 Å². The van der Waals surface area contributed by atoms with Gasteiger partial charge in [-0.2, -0.15) is 18.3 Å². The summed E-state index contributed by atoms with van der Waals surface area (Å²) >= 11 is 3.32. The second kappa shape index (κ2) is 5.28. The van der Waals surface area contributed by atoms with Gasteiger partial charge in [-0.05, 0) is 22.4 Å². The van der Waals surface area contributed by atoms with E-state index < -0.39 is 24.7 Å². The van der Waals surface area contributed by atoms with Gasteiger partial charge in [-0.15, -0.1) is 0 Å². The molecule has 1 unspecified atom stereocenters. The lowest BCUT2D eigenvalue weighted by atomic mass is 10.0. The first-order chi connectivity index (χ1) is 9.83. The van der Waals surface area contributed by atoms with Crippen molar-refractivity contribution in [3.05, 3.63) is 16.9 Å². The summed E-state index contributed by atoms with van der Waals surface area (Å²) in [5.41, 5.74) is 0. The number of hydrogen-bond donors (Lipinski definition) is 0. The van der Waals surface area contributed by atoms with Crippen molar-refractivity contribution in [3.63, 3.8) is 0 Å². The molecule has 1 atom stereocenters. The number of halogens is 4. The second-order valence-electron chi connectivity index (χ2n) is 5.43. The van der Waals surface area contributed by atoms with Crippen LogP contribution in [-0.2, 0) is 4.79 Å². The molecule has 0 aliphatic carbocycles. The van der Waals surface area contributed by atoms with Crippen molar-refractivity contribution in [2.24, 2.45) is 0 Å². The lowest BCUT2D eigenvalue weighted by Gasteiger charge is -2.42. The quantitative estimate of drug-likeness (QED) is 0.816. The van der Waals surface area contributed by atoms with Crippen LogP contribution in [0.1, 0.15) is 12.5 Å². The summed E-state index contributed by atoms with van der Waals surface area (Å²) < 4.78 is 39.8. The Morgan fingerprint density at radius 2 is 2.10 bits per heavy atom. The number of carbonyl (C=O) groups excluding carboxylic acids is 1. The molecule has 0 radical (unpaired) electrons. The Morgan fingerprint density at radius 1 is 1.38 bits per heavy atom. The number of carbonyl (C=O) groups is 1. The van der Waals surface area contributed by atoms with E-state index >= 15 is 0 Å². The zero-order valence-corrected chi connectivity index (χ0v) is 12.6. The first-order valence-electron chi connectivity index (χ1n) is 6.63. The maximum atomic E-state index is 12.4. The minimum Gasteiger partial charge on any atom is -0.332 e. The van der Waals surface area contributed by atoms with Crippen LogP contribution in [0.15, 0.2) is 16.9 Å². The highest BCUT2D eigenvalue weighted by molar-refractivity contribution is 9.10. The SMILES string of the molecule is O=C1C(N2CC(n3cc(Br)cn3)C2)CCN1CC(F)(F)F. The minimum absolute atomic E-state index is 0.178. The Morgan fingerprint density at radius 3 is 2.67 bits per heavy atom. The van der Waals surface area contributed by atoms with Gasteiger partial charge in [0.05, 0.1) is 22.8 Å². The Hall–Kier alpha value is -1.09. The molecule has 2 fully saturated rings. The lowest BCUT2D eigenvalue weighted by molar-refractivity contribution is -0.159. The second-order valence-corrected chi connectivity index (χ2v) is 6.34. The van der Waals surface area contributed by atoms with E-state index in [1.54, 1.807) is 6.20 Å². The minimum atomic E-state index is -4.33. The maximum Gasteiger partial charge on any atom is 0.406 e. The Kier molecular flexibility index (Phi) is 3.73. The fraction of sp³-hybridized carbons (Fsp3) is 0.667. The summed E-state index contributed by atoms with van der Waals surface area (Å²) in [6.45, 7) is 0.317. The summed E-state index contributed by atoms with van der Waals surface area (Å²) in [7, 11) is 0. The van der Waals surface area contributed by atoms with Crippen LogP contribution in [0.2, 0.25) is 0 Å². The van der Waals surface area contributed by atoms with Crippen LogP contribution in [0.5, 0.6) is 0 Å². The van der Waals surface area contributed by atoms with Crippen LogP contribution in [0.3, 0.4) is 0 Å². The van der Waals surface area contributed by atoms with Gasteiger partial charge in [0.15, 0.2) is 0 Å². The first-order valence-corrected chi connectivity index (χ1v) is 7.42. The number of alkyl halides is 3. The third-order valence-electron chi connectivity index (χ3n) is 3.91. The van der Waals surface area contributed by atoms with Crippen molar-refractivity contribution in [1.29, 1.82) is 0 Å². The van der Waals surface area contributed by atoms with E-state index in [0.29, 0.717) is 19.5 Å². The molecule has 0 aromatic carbocycles. The van der Waals surface area contributed by atoms with Crippen molar-refractivity contribution in [2.45, 2.75) is 24.7 Å². The van der Waals surface area contributed by atoms with Gasteiger partial charge in [0.1, 0.15) is 6.54 Å². The zero-order chi connectivity index (χ0) is 15.2. The average molecular weight is 367 g/mol. The van der Waals surface area contributed by atoms with Crippen LogP contribution in [0, 0.1) is 0 Å². The van der Waals surface area contributed by atoms with E-state index in [1.807, 2.05) is 15.8 Å². The Labute approximate surface area is 127 Å². The van der Waals surface area contributed by atoms with Crippen LogP contribution < -0.4 is 0 Å². The van der Waals surface area contributed by atoms with E-state index in [2.05, 4.69) is 21.0 Å². The van der Waals surface area contributed by atoms with Gasteiger partial charge < -0.3 is 4.90 Å². The van der Waals surface area contributed by atoms with E-state index in [0.717, 1.165) is 9.37 Å². The molecule has 2 saturated heterocycles. The van der Waals surface area contributed by atoms with Crippen LogP contribution in [-0.4, -0.2) is 63.9 Å². The molecule has 5 nitrogen and oxygen atoms in total. The predicted molar refractivity (Wildman–Crippen MR) is 71.6 cm³/mol. The molecule has 9 heteroatoms. The fourth-order valence-corrected chi connectivity index (χ4v) is 3.16. The topological polar surface area (TPSA) is 41.4 Å². The molecular formula is C12H14BrF3N4O. The predicted octanol–water partition coefficient (Wildman–Crippen LogP) is 1.67. The molecule has 21 heavy (non-hydrogen) atoms. The summed E-state index contributed by atoms with van der Waals surface area (Å²) in [6, 6.07) is -0.233. The average Bonchev–Trinajstić information content (AvgIpc) is 2.86. The van der Waals surface area contributed by atoms with Crippen LogP contribution in [0.4, 0.5) is 13.2 Å². The molecule has 0 bridgehead atoms. The largest absolute Gasteiger partial charge is 0.406 e. The number of hydrogen-bond acceptors (Lipinski definition) is 3. The fourth-order valence-electron chi connectivity index (χ4n) is 2.86. The Balaban J connectivity index is 1.55. The molecule has 2 aliphatic rings. The number of rotatable bonds is 3. The first kappa shape index (κ1) is 14.8. The van der Waals surface area contributed by atoms with Gasteiger partial charge in [-0.3, -0.25) is 14.4 Å². The summed E-state index contributed by atoms with van der Waals surface area (Å²) in [4.78, 5) is 14.9. The lowest BCUT2D eigenvalue weighted by Crippen LogP contribution is -2.55. The third-order valence-corrected chi connectivity index (χ3v) is 4.32. The molecule has 3 heterocycles. The van der Waals surface area contributed by atoms with Crippen molar-refractivity contribution in [2.75, 3.05) is 26.2 Å². The number of likely N-dealkylation sites (tertiary alicyclic amines) is 2. The molecule has 0 spiro atoms. The van der Waals surface area contributed by atoms with Gasteiger partial charge in [-0.25, -0.2) is 0 Å². The standard InChI is InChI=1S/C12H14BrF3N4O/c13-8-3-17-20(4-8)9-5-19(6-9)10-1-2-18(11(10)21)7-12(14,15)16/h3-4,9-10H,1-2,5-7H2. The molecule has 1 amide bonds. The van der Waals surface area contributed by atoms with E-state index in [1.165, 1.54) is 0 Å². The molecule has 0 saturated carbocycles. The van der Waals surface area contributed by atoms with Gasteiger partial charge >= 0.3 is 6.18 Å². The molecule has 2 aliphatic heterocycles. The van der Waals surface area contributed by atoms with Crippen molar-refractivity contribution in [3.8, 4) is 0 Å². The van der Waals surface area contributed by atoms with Gasteiger partial charge in [-0.1, -0.05) is 0 Å². The van der Waals surface area contributed by atoms with E-state index in [9.17, 15) is 18.0 Å². The van der Waals surface area contributed by atoms with E-state index in [-0.39, 0.29) is 12.6 Å². The highest BCUT2D eigenvalue weighted by Gasteiger charge is 2.45. The number of aromatic nitrogens is 2. The van der Waals surface area contributed by atoms with E-state index in [4.69, 9.17) is 0 Å². The highest BCUT2D eigenvalue weighted by atomic mass is 79.9. The summed E-state index contributed by atoms with van der Waals surface area (Å²) in [5.74, 6) is -0.410. The van der Waals surface area contributed by atoms with Gasteiger partial charge in [0.25, 0.3) is 0 Å². The number of nitrogens with zero attached hydrogens (tertiary/aromatic N) is 4. The molecule has 0 N–H and O–H groups in total. The van der Waals surface area contributed by atoms with Crippen molar-refractivity contribution >= 4 is 21.8 Å².